The molecule has 10 aromatic rings. The Hall–Kier alpha value is -7.43. The first-order valence-electron chi connectivity index (χ1n) is 18.4. The third-order valence-electron chi connectivity index (χ3n) is 10.1. The molecule has 0 amide bonds. The van der Waals surface area contributed by atoms with Crippen LogP contribution in [0.5, 0.6) is 0 Å². The van der Waals surface area contributed by atoms with E-state index in [1.165, 1.54) is 22.3 Å². The first-order chi connectivity index (χ1) is 27.2. The summed E-state index contributed by atoms with van der Waals surface area (Å²) in [5.41, 5.74) is 13.7. The van der Waals surface area contributed by atoms with Crippen LogP contribution >= 0.6 is 0 Å². The molecule has 0 saturated heterocycles. The Kier molecular flexibility index (Phi) is 8.12. The van der Waals surface area contributed by atoms with E-state index in [4.69, 9.17) is 19.4 Å². The molecule has 0 aliphatic carbocycles. The summed E-state index contributed by atoms with van der Waals surface area (Å²) in [6.07, 6.45) is 0. The summed E-state index contributed by atoms with van der Waals surface area (Å²) in [5, 5.41) is 2.16. The SMILES string of the molecule is c1ccc(-c2cccc(-c3ccc(-c4ccc5oc6cccc(-c7cccc(-c8nc(-c9ccccc9)nc(-c9ccccc9)n8)c7)c6c5c4)cc3)c2)cc1. The van der Waals surface area contributed by atoms with Gasteiger partial charge in [0.1, 0.15) is 11.2 Å². The van der Waals surface area contributed by atoms with E-state index in [1.54, 1.807) is 0 Å². The van der Waals surface area contributed by atoms with Gasteiger partial charge in [0.25, 0.3) is 0 Å². The molecule has 0 aliphatic heterocycles. The Bertz CT molecular complexity index is 2900. The van der Waals surface area contributed by atoms with Crippen molar-refractivity contribution < 1.29 is 4.42 Å². The lowest BCUT2D eigenvalue weighted by Gasteiger charge is -2.10. The van der Waals surface area contributed by atoms with Crippen LogP contribution in [0.4, 0.5) is 0 Å². The standard InChI is InChI=1S/C51H33N3O/c1-4-13-34(14-5-1)39-19-10-20-40(31-39)35-25-27-36(28-26-35)41-29-30-46-45(33-41)48-44(23-12-24-47(48)55-46)42-21-11-22-43(32-42)51-53-49(37-15-6-2-7-16-37)52-50(54-51)38-17-8-3-9-18-38/h1-33H. The summed E-state index contributed by atoms with van der Waals surface area (Å²) in [6.45, 7) is 0. The van der Waals surface area contributed by atoms with Crippen LogP contribution in [0.15, 0.2) is 205 Å². The molecule has 0 unspecified atom stereocenters. The van der Waals surface area contributed by atoms with Crippen molar-refractivity contribution in [1.29, 1.82) is 0 Å². The number of hydrogen-bond donors (Lipinski definition) is 0. The maximum absolute atomic E-state index is 6.44. The summed E-state index contributed by atoms with van der Waals surface area (Å²) in [4.78, 5) is 14.9. The lowest BCUT2D eigenvalue weighted by molar-refractivity contribution is 0.669. The molecule has 258 valence electrons. The minimum absolute atomic E-state index is 0.622. The number of rotatable bonds is 7. The Morgan fingerprint density at radius 1 is 0.273 bits per heavy atom. The summed E-state index contributed by atoms with van der Waals surface area (Å²) < 4.78 is 6.44. The van der Waals surface area contributed by atoms with Gasteiger partial charge in [0.2, 0.25) is 0 Å². The van der Waals surface area contributed by atoms with Gasteiger partial charge in [-0.3, -0.25) is 0 Å². The maximum Gasteiger partial charge on any atom is 0.164 e. The maximum atomic E-state index is 6.44. The summed E-state index contributed by atoms with van der Waals surface area (Å²) >= 11 is 0. The van der Waals surface area contributed by atoms with Gasteiger partial charge in [-0.2, -0.15) is 0 Å². The van der Waals surface area contributed by atoms with E-state index in [9.17, 15) is 0 Å². The topological polar surface area (TPSA) is 51.8 Å². The number of fused-ring (bicyclic) bond motifs is 3. The van der Waals surface area contributed by atoms with Crippen LogP contribution in [0.2, 0.25) is 0 Å². The van der Waals surface area contributed by atoms with E-state index < -0.39 is 0 Å². The van der Waals surface area contributed by atoms with Gasteiger partial charge in [0, 0.05) is 27.5 Å². The molecule has 0 aliphatic rings. The molecule has 4 heteroatoms. The molecule has 4 nitrogen and oxygen atoms in total. The van der Waals surface area contributed by atoms with Crippen molar-refractivity contribution in [1.82, 2.24) is 15.0 Å². The summed E-state index contributed by atoms with van der Waals surface area (Å²) in [7, 11) is 0. The Morgan fingerprint density at radius 2 is 0.691 bits per heavy atom. The van der Waals surface area contributed by atoms with Crippen molar-refractivity contribution in [2.75, 3.05) is 0 Å². The highest BCUT2D eigenvalue weighted by molar-refractivity contribution is 6.13. The van der Waals surface area contributed by atoms with Crippen molar-refractivity contribution in [3.05, 3.63) is 200 Å². The molecule has 10 rings (SSSR count). The molecule has 0 bridgehead atoms. The Balaban J connectivity index is 1.03. The van der Waals surface area contributed by atoms with Crippen LogP contribution in [0, 0.1) is 0 Å². The lowest BCUT2D eigenvalue weighted by atomic mass is 9.95. The highest BCUT2D eigenvalue weighted by atomic mass is 16.3. The average molecular weight is 704 g/mol. The van der Waals surface area contributed by atoms with Crippen LogP contribution in [0.25, 0.3) is 101 Å². The monoisotopic (exact) mass is 703 g/mol. The van der Waals surface area contributed by atoms with Crippen molar-refractivity contribution >= 4 is 21.9 Å². The van der Waals surface area contributed by atoms with Gasteiger partial charge in [0.05, 0.1) is 0 Å². The molecule has 0 atom stereocenters. The van der Waals surface area contributed by atoms with E-state index in [0.29, 0.717) is 17.5 Å². The third kappa shape index (κ3) is 6.26. The third-order valence-corrected chi connectivity index (χ3v) is 10.1. The first kappa shape index (κ1) is 32.2. The molecule has 0 fully saturated rings. The van der Waals surface area contributed by atoms with Crippen molar-refractivity contribution in [2.45, 2.75) is 0 Å². The summed E-state index contributed by atoms with van der Waals surface area (Å²) in [5.74, 6) is 1.90. The second-order valence-electron chi connectivity index (χ2n) is 13.6. The van der Waals surface area contributed by atoms with Crippen LogP contribution in [-0.4, -0.2) is 15.0 Å². The molecule has 2 heterocycles. The van der Waals surface area contributed by atoms with Crippen LogP contribution in [0.1, 0.15) is 0 Å². The predicted octanol–water partition coefficient (Wildman–Crippen LogP) is 13.4. The molecular formula is C51H33N3O. The second-order valence-corrected chi connectivity index (χ2v) is 13.6. The van der Waals surface area contributed by atoms with Gasteiger partial charge >= 0.3 is 0 Å². The zero-order chi connectivity index (χ0) is 36.6. The van der Waals surface area contributed by atoms with E-state index in [1.807, 2.05) is 66.7 Å². The Labute approximate surface area is 319 Å². The Morgan fingerprint density at radius 3 is 1.29 bits per heavy atom. The van der Waals surface area contributed by atoms with Crippen molar-refractivity contribution in [3.8, 4) is 78.7 Å². The van der Waals surface area contributed by atoms with Gasteiger partial charge in [-0.05, 0) is 74.8 Å². The van der Waals surface area contributed by atoms with Gasteiger partial charge in [-0.1, -0.05) is 170 Å². The highest BCUT2D eigenvalue weighted by Crippen LogP contribution is 2.40. The first-order valence-corrected chi connectivity index (χ1v) is 18.4. The number of nitrogens with zero attached hydrogens (tertiary/aromatic N) is 3. The van der Waals surface area contributed by atoms with Gasteiger partial charge in [-0.25, -0.2) is 15.0 Å². The average Bonchev–Trinajstić information content (AvgIpc) is 3.66. The number of hydrogen-bond acceptors (Lipinski definition) is 4. The largest absolute Gasteiger partial charge is 0.456 e. The summed E-state index contributed by atoms with van der Waals surface area (Å²) in [6, 6.07) is 69.4. The fourth-order valence-corrected chi connectivity index (χ4v) is 7.37. The number of aromatic nitrogens is 3. The molecular weight excluding hydrogens is 671 g/mol. The zero-order valence-corrected chi connectivity index (χ0v) is 29.8. The molecule has 8 aromatic carbocycles. The fourth-order valence-electron chi connectivity index (χ4n) is 7.37. The van der Waals surface area contributed by atoms with E-state index in [-0.39, 0.29) is 0 Å². The predicted molar refractivity (Wildman–Crippen MR) is 225 cm³/mol. The molecule has 55 heavy (non-hydrogen) atoms. The molecule has 0 spiro atoms. The minimum atomic E-state index is 0.622. The fraction of sp³-hybridized carbons (Fsp3) is 0. The molecule has 2 aromatic heterocycles. The van der Waals surface area contributed by atoms with E-state index in [0.717, 1.165) is 60.9 Å². The molecule has 0 N–H and O–H groups in total. The van der Waals surface area contributed by atoms with Crippen molar-refractivity contribution in [3.63, 3.8) is 0 Å². The molecule has 0 radical (unpaired) electrons. The number of benzene rings is 8. The molecule has 0 saturated carbocycles. The normalized spacial score (nSPS) is 11.3. The van der Waals surface area contributed by atoms with Crippen LogP contribution < -0.4 is 0 Å². The quantitative estimate of drug-likeness (QED) is 0.166. The smallest absolute Gasteiger partial charge is 0.164 e. The van der Waals surface area contributed by atoms with Gasteiger partial charge in [0.15, 0.2) is 17.5 Å². The van der Waals surface area contributed by atoms with E-state index >= 15 is 0 Å². The van der Waals surface area contributed by atoms with Crippen molar-refractivity contribution in [2.24, 2.45) is 0 Å². The zero-order valence-electron chi connectivity index (χ0n) is 29.8. The van der Waals surface area contributed by atoms with E-state index in [2.05, 4.69) is 133 Å². The van der Waals surface area contributed by atoms with Crippen LogP contribution in [0.3, 0.4) is 0 Å². The minimum Gasteiger partial charge on any atom is -0.456 e. The second kappa shape index (κ2) is 13.8. The van der Waals surface area contributed by atoms with Crippen LogP contribution in [-0.2, 0) is 0 Å². The lowest BCUT2D eigenvalue weighted by Crippen LogP contribution is -2.00. The number of furan rings is 1. The van der Waals surface area contributed by atoms with Gasteiger partial charge < -0.3 is 4.42 Å². The highest BCUT2D eigenvalue weighted by Gasteiger charge is 2.16. The van der Waals surface area contributed by atoms with Gasteiger partial charge in [-0.15, -0.1) is 0 Å².